The van der Waals surface area contributed by atoms with Crippen molar-refractivity contribution in [3.63, 3.8) is 0 Å². The van der Waals surface area contributed by atoms with Crippen molar-refractivity contribution in [2.75, 3.05) is 19.0 Å². The lowest BCUT2D eigenvalue weighted by Gasteiger charge is -2.26. The molecule has 5 heteroatoms. The Kier molecular flexibility index (Phi) is 4.28. The molecule has 1 unspecified atom stereocenters. The highest BCUT2D eigenvalue weighted by Crippen LogP contribution is 2.21. The lowest BCUT2D eigenvalue weighted by Crippen LogP contribution is -2.44. The van der Waals surface area contributed by atoms with E-state index in [1.165, 1.54) is 0 Å². The minimum atomic E-state index is -1.19. The second-order valence-corrected chi connectivity index (χ2v) is 6.49. The summed E-state index contributed by atoms with van der Waals surface area (Å²) in [5.74, 6) is 0.463. The summed E-state index contributed by atoms with van der Waals surface area (Å²) in [5.41, 5.74) is 5.22. The summed E-state index contributed by atoms with van der Waals surface area (Å²) in [6.07, 6.45) is 1.86. The number of hydrogen-bond acceptors (Lipinski definition) is 3. The first-order valence-electron chi connectivity index (χ1n) is 5.20. The van der Waals surface area contributed by atoms with Gasteiger partial charge < -0.3 is 10.5 Å². The monoisotopic (exact) mass is 233 g/mol. The molecule has 88 valence electrons. The molecular formula is C10H19NO3S. The molecule has 0 saturated carbocycles. The standard InChI is InChI=1S/C10H19NO3S/c1-10(2,9(11)12)15(13)7-8-3-5-14-6-4-8/h8H,3-7H2,1-2H3,(H2,11,12). The topological polar surface area (TPSA) is 69.4 Å². The fourth-order valence-electron chi connectivity index (χ4n) is 1.45. The highest BCUT2D eigenvalue weighted by Gasteiger charge is 2.33. The maximum absolute atomic E-state index is 11.9. The van der Waals surface area contributed by atoms with Gasteiger partial charge in [-0.25, -0.2) is 0 Å². The molecule has 1 rings (SSSR count). The summed E-state index contributed by atoms with van der Waals surface area (Å²) in [6, 6.07) is 0. The van der Waals surface area contributed by atoms with Gasteiger partial charge in [0.2, 0.25) is 5.91 Å². The lowest BCUT2D eigenvalue weighted by atomic mass is 10.0. The zero-order chi connectivity index (χ0) is 11.5. The minimum absolute atomic E-state index is 0.401. The number of ether oxygens (including phenoxy) is 1. The molecule has 0 radical (unpaired) electrons. The zero-order valence-corrected chi connectivity index (χ0v) is 10.1. The fourth-order valence-corrected chi connectivity index (χ4v) is 2.85. The van der Waals surface area contributed by atoms with Crippen LogP contribution in [0.3, 0.4) is 0 Å². The van der Waals surface area contributed by atoms with E-state index in [1.807, 2.05) is 0 Å². The van der Waals surface area contributed by atoms with Crippen LogP contribution in [0.4, 0.5) is 0 Å². The molecule has 1 saturated heterocycles. The summed E-state index contributed by atoms with van der Waals surface area (Å²) in [7, 11) is -1.19. The van der Waals surface area contributed by atoms with E-state index in [-0.39, 0.29) is 0 Å². The van der Waals surface area contributed by atoms with Crippen molar-refractivity contribution < 1.29 is 13.7 Å². The number of nitrogens with two attached hydrogens (primary N) is 1. The summed E-state index contributed by atoms with van der Waals surface area (Å²) in [5, 5.41) is 0. The van der Waals surface area contributed by atoms with Gasteiger partial charge in [-0.15, -0.1) is 0 Å². The molecule has 0 aromatic rings. The molecule has 1 aliphatic rings. The number of primary amides is 1. The average molecular weight is 233 g/mol. The van der Waals surface area contributed by atoms with Crippen molar-refractivity contribution in [2.45, 2.75) is 31.4 Å². The van der Waals surface area contributed by atoms with Gasteiger partial charge in [0.1, 0.15) is 4.75 Å². The Bertz CT molecular complexity index is 259. The van der Waals surface area contributed by atoms with Gasteiger partial charge in [-0.05, 0) is 32.6 Å². The number of hydrogen-bond donors (Lipinski definition) is 1. The number of carbonyl (C=O) groups excluding carboxylic acids is 1. The van der Waals surface area contributed by atoms with Crippen LogP contribution in [0.2, 0.25) is 0 Å². The van der Waals surface area contributed by atoms with Gasteiger partial charge >= 0.3 is 0 Å². The van der Waals surface area contributed by atoms with Gasteiger partial charge in [0.05, 0.1) is 0 Å². The second-order valence-electron chi connectivity index (χ2n) is 4.44. The van der Waals surface area contributed by atoms with Crippen LogP contribution in [0.15, 0.2) is 0 Å². The van der Waals surface area contributed by atoms with E-state index in [4.69, 9.17) is 10.5 Å². The molecule has 2 N–H and O–H groups in total. The van der Waals surface area contributed by atoms with E-state index in [0.29, 0.717) is 11.7 Å². The maximum Gasteiger partial charge on any atom is 0.235 e. The van der Waals surface area contributed by atoms with Crippen LogP contribution in [0, 0.1) is 5.92 Å². The van der Waals surface area contributed by atoms with Gasteiger partial charge in [0.15, 0.2) is 0 Å². The van der Waals surface area contributed by atoms with Crippen molar-refractivity contribution >= 4 is 16.7 Å². The first-order chi connectivity index (χ1) is 6.94. The van der Waals surface area contributed by atoms with E-state index in [2.05, 4.69) is 0 Å². The SMILES string of the molecule is CC(C)(C(N)=O)S(=O)CC1CCOCC1. The van der Waals surface area contributed by atoms with Crippen LogP contribution in [0.5, 0.6) is 0 Å². The quantitative estimate of drug-likeness (QED) is 0.765. The summed E-state index contributed by atoms with van der Waals surface area (Å²) in [4.78, 5) is 11.1. The Hall–Kier alpha value is -0.420. The van der Waals surface area contributed by atoms with Gasteiger partial charge in [0.25, 0.3) is 0 Å². The molecular weight excluding hydrogens is 214 g/mol. The third-order valence-corrected chi connectivity index (χ3v) is 5.00. The zero-order valence-electron chi connectivity index (χ0n) is 9.32. The van der Waals surface area contributed by atoms with Gasteiger partial charge in [0, 0.05) is 29.8 Å². The Labute approximate surface area is 93.0 Å². The van der Waals surface area contributed by atoms with Crippen molar-refractivity contribution in [3.05, 3.63) is 0 Å². The molecule has 0 aromatic heterocycles. The molecule has 1 fully saturated rings. The smallest absolute Gasteiger partial charge is 0.235 e. The predicted molar refractivity (Wildman–Crippen MR) is 59.8 cm³/mol. The van der Waals surface area contributed by atoms with Crippen molar-refractivity contribution in [3.8, 4) is 0 Å². The van der Waals surface area contributed by atoms with Gasteiger partial charge in [-0.2, -0.15) is 0 Å². The molecule has 1 aliphatic heterocycles. The second kappa shape index (κ2) is 5.07. The van der Waals surface area contributed by atoms with E-state index in [0.717, 1.165) is 26.1 Å². The maximum atomic E-state index is 11.9. The Balaban J connectivity index is 2.50. The van der Waals surface area contributed by atoms with Crippen molar-refractivity contribution in [1.29, 1.82) is 0 Å². The van der Waals surface area contributed by atoms with Crippen LogP contribution in [0.1, 0.15) is 26.7 Å². The molecule has 4 nitrogen and oxygen atoms in total. The highest BCUT2D eigenvalue weighted by atomic mass is 32.2. The Morgan fingerprint density at radius 2 is 2.00 bits per heavy atom. The van der Waals surface area contributed by atoms with Crippen LogP contribution in [0.25, 0.3) is 0 Å². The van der Waals surface area contributed by atoms with E-state index in [1.54, 1.807) is 13.8 Å². The molecule has 1 amide bonds. The predicted octanol–water partition coefficient (Wildman–Crippen LogP) is 0.426. The summed E-state index contributed by atoms with van der Waals surface area (Å²) >= 11 is 0. The minimum Gasteiger partial charge on any atom is -0.381 e. The molecule has 0 bridgehead atoms. The van der Waals surface area contributed by atoms with Gasteiger partial charge in [-0.3, -0.25) is 9.00 Å². The summed E-state index contributed by atoms with van der Waals surface area (Å²) < 4.78 is 16.2. The summed E-state index contributed by atoms with van der Waals surface area (Å²) in [6.45, 7) is 4.76. The van der Waals surface area contributed by atoms with Crippen LogP contribution < -0.4 is 5.73 Å². The van der Waals surface area contributed by atoms with E-state index >= 15 is 0 Å². The molecule has 1 heterocycles. The lowest BCUT2D eigenvalue weighted by molar-refractivity contribution is -0.119. The average Bonchev–Trinajstić information content (AvgIpc) is 2.18. The number of amides is 1. The van der Waals surface area contributed by atoms with E-state index < -0.39 is 21.5 Å². The molecule has 0 aromatic carbocycles. The van der Waals surface area contributed by atoms with Gasteiger partial charge in [-0.1, -0.05) is 0 Å². The third kappa shape index (κ3) is 3.28. The van der Waals surface area contributed by atoms with Crippen LogP contribution in [-0.2, 0) is 20.3 Å². The molecule has 0 spiro atoms. The largest absolute Gasteiger partial charge is 0.381 e. The van der Waals surface area contributed by atoms with Crippen LogP contribution in [-0.4, -0.2) is 33.8 Å². The Morgan fingerprint density at radius 1 is 1.47 bits per heavy atom. The molecule has 1 atom stereocenters. The van der Waals surface area contributed by atoms with E-state index in [9.17, 15) is 9.00 Å². The fraction of sp³-hybridized carbons (Fsp3) is 0.900. The number of rotatable bonds is 4. The number of carbonyl (C=O) groups is 1. The first-order valence-corrected chi connectivity index (χ1v) is 6.52. The normalized spacial score (nSPS) is 21.2. The first kappa shape index (κ1) is 12.6. The molecule has 15 heavy (non-hydrogen) atoms. The van der Waals surface area contributed by atoms with Crippen molar-refractivity contribution in [2.24, 2.45) is 11.7 Å². The Morgan fingerprint density at radius 3 is 2.47 bits per heavy atom. The molecule has 0 aliphatic carbocycles. The highest BCUT2D eigenvalue weighted by molar-refractivity contribution is 7.87. The van der Waals surface area contributed by atoms with Crippen LogP contribution >= 0.6 is 0 Å². The van der Waals surface area contributed by atoms with Crippen molar-refractivity contribution in [1.82, 2.24) is 0 Å². The third-order valence-electron chi connectivity index (χ3n) is 2.89.